The molecule has 3 N–H and O–H groups in total. The van der Waals surface area contributed by atoms with Crippen LogP contribution in [-0.2, 0) is 0 Å². The first kappa shape index (κ1) is 12.9. The van der Waals surface area contributed by atoms with Crippen molar-refractivity contribution in [3.8, 4) is 0 Å². The SMILES string of the molecule is CC(CO)CCCNC1CCCNCC1. The van der Waals surface area contributed by atoms with E-state index >= 15 is 0 Å². The van der Waals surface area contributed by atoms with Gasteiger partial charge < -0.3 is 15.7 Å². The zero-order valence-electron chi connectivity index (χ0n) is 9.97. The van der Waals surface area contributed by atoms with E-state index in [1.165, 1.54) is 32.2 Å². The Morgan fingerprint density at radius 1 is 1.40 bits per heavy atom. The van der Waals surface area contributed by atoms with Crippen LogP contribution in [0.25, 0.3) is 0 Å². The van der Waals surface area contributed by atoms with E-state index in [0.29, 0.717) is 18.6 Å². The molecule has 15 heavy (non-hydrogen) atoms. The third-order valence-corrected chi connectivity index (χ3v) is 3.19. The highest BCUT2D eigenvalue weighted by molar-refractivity contribution is 4.72. The lowest BCUT2D eigenvalue weighted by molar-refractivity contribution is 0.227. The molecule has 0 aromatic rings. The summed E-state index contributed by atoms with van der Waals surface area (Å²) in [6.07, 6.45) is 6.18. The maximum absolute atomic E-state index is 8.89. The molecule has 0 bridgehead atoms. The van der Waals surface area contributed by atoms with Gasteiger partial charge in [0.2, 0.25) is 0 Å². The summed E-state index contributed by atoms with van der Waals surface area (Å²) < 4.78 is 0. The van der Waals surface area contributed by atoms with Crippen molar-refractivity contribution in [1.82, 2.24) is 10.6 Å². The van der Waals surface area contributed by atoms with Crippen LogP contribution in [-0.4, -0.2) is 37.4 Å². The minimum atomic E-state index is 0.327. The van der Waals surface area contributed by atoms with E-state index < -0.39 is 0 Å². The standard InChI is InChI=1S/C12H26N2O/c1-11(10-15)4-2-8-14-12-5-3-7-13-9-6-12/h11-15H,2-10H2,1H3. The van der Waals surface area contributed by atoms with Gasteiger partial charge in [0, 0.05) is 12.6 Å². The number of aliphatic hydroxyl groups is 1. The normalized spacial score (nSPS) is 24.8. The number of aliphatic hydroxyl groups excluding tert-OH is 1. The largest absolute Gasteiger partial charge is 0.396 e. The maximum Gasteiger partial charge on any atom is 0.0456 e. The van der Waals surface area contributed by atoms with Crippen molar-refractivity contribution in [2.24, 2.45) is 5.92 Å². The van der Waals surface area contributed by atoms with Gasteiger partial charge in [-0.15, -0.1) is 0 Å². The van der Waals surface area contributed by atoms with Crippen LogP contribution < -0.4 is 10.6 Å². The summed E-state index contributed by atoms with van der Waals surface area (Å²) in [5.74, 6) is 0.461. The third kappa shape index (κ3) is 6.13. The first-order chi connectivity index (χ1) is 7.33. The first-order valence-electron chi connectivity index (χ1n) is 6.38. The zero-order valence-corrected chi connectivity index (χ0v) is 9.97. The van der Waals surface area contributed by atoms with E-state index in [9.17, 15) is 0 Å². The Bertz CT molecular complexity index is 145. The molecule has 0 aliphatic carbocycles. The highest BCUT2D eigenvalue weighted by atomic mass is 16.3. The molecule has 1 aliphatic heterocycles. The zero-order chi connectivity index (χ0) is 10.9. The average molecular weight is 214 g/mol. The van der Waals surface area contributed by atoms with Gasteiger partial charge in [0.1, 0.15) is 0 Å². The van der Waals surface area contributed by atoms with Crippen LogP contribution in [0.1, 0.15) is 39.0 Å². The van der Waals surface area contributed by atoms with Gasteiger partial charge in [-0.3, -0.25) is 0 Å². The monoisotopic (exact) mass is 214 g/mol. The van der Waals surface area contributed by atoms with Crippen LogP contribution in [0.2, 0.25) is 0 Å². The molecule has 0 spiro atoms. The molecular weight excluding hydrogens is 188 g/mol. The quantitative estimate of drug-likeness (QED) is 0.581. The molecule has 0 saturated carbocycles. The fraction of sp³-hybridized carbons (Fsp3) is 1.00. The number of hydrogen-bond acceptors (Lipinski definition) is 3. The second-order valence-corrected chi connectivity index (χ2v) is 4.76. The van der Waals surface area contributed by atoms with Crippen LogP contribution in [0.5, 0.6) is 0 Å². The second-order valence-electron chi connectivity index (χ2n) is 4.76. The lowest BCUT2D eigenvalue weighted by Crippen LogP contribution is -2.31. The summed E-state index contributed by atoms with van der Waals surface area (Å²) in [4.78, 5) is 0. The Morgan fingerprint density at radius 2 is 2.27 bits per heavy atom. The van der Waals surface area contributed by atoms with E-state index in [1.807, 2.05) is 0 Å². The molecule has 3 heteroatoms. The molecule has 1 aliphatic rings. The highest BCUT2D eigenvalue weighted by Crippen LogP contribution is 2.06. The molecule has 2 atom stereocenters. The molecule has 3 nitrogen and oxygen atoms in total. The van der Waals surface area contributed by atoms with Crippen molar-refractivity contribution in [3.05, 3.63) is 0 Å². The molecule has 90 valence electrons. The van der Waals surface area contributed by atoms with Crippen LogP contribution in [0, 0.1) is 5.92 Å². The van der Waals surface area contributed by atoms with Gasteiger partial charge >= 0.3 is 0 Å². The maximum atomic E-state index is 8.89. The third-order valence-electron chi connectivity index (χ3n) is 3.19. The molecule has 1 heterocycles. The Labute approximate surface area is 93.6 Å². The highest BCUT2D eigenvalue weighted by Gasteiger charge is 2.10. The summed E-state index contributed by atoms with van der Waals surface area (Å²) in [6.45, 7) is 5.88. The minimum Gasteiger partial charge on any atom is -0.396 e. The smallest absolute Gasteiger partial charge is 0.0456 e. The first-order valence-corrected chi connectivity index (χ1v) is 6.38. The summed E-state index contributed by atoms with van der Waals surface area (Å²) in [5.41, 5.74) is 0. The van der Waals surface area contributed by atoms with Gasteiger partial charge in [-0.25, -0.2) is 0 Å². The predicted octanol–water partition coefficient (Wildman–Crippen LogP) is 1.13. The summed E-state index contributed by atoms with van der Waals surface area (Å²) in [5, 5.41) is 15.9. The van der Waals surface area contributed by atoms with Crippen molar-refractivity contribution in [1.29, 1.82) is 0 Å². The molecule has 0 radical (unpaired) electrons. The molecule has 1 saturated heterocycles. The number of nitrogens with one attached hydrogen (secondary N) is 2. The molecule has 0 amide bonds. The predicted molar refractivity (Wildman–Crippen MR) is 64.0 cm³/mol. The number of rotatable bonds is 6. The van der Waals surface area contributed by atoms with Crippen LogP contribution in [0.3, 0.4) is 0 Å². The fourth-order valence-electron chi connectivity index (χ4n) is 2.07. The molecule has 0 aromatic heterocycles. The van der Waals surface area contributed by atoms with Gasteiger partial charge in [0.05, 0.1) is 0 Å². The lowest BCUT2D eigenvalue weighted by Gasteiger charge is -2.16. The van der Waals surface area contributed by atoms with E-state index in [1.54, 1.807) is 0 Å². The van der Waals surface area contributed by atoms with E-state index in [2.05, 4.69) is 17.6 Å². The van der Waals surface area contributed by atoms with E-state index in [-0.39, 0.29) is 0 Å². The lowest BCUT2D eigenvalue weighted by atomic mass is 10.1. The van der Waals surface area contributed by atoms with Crippen molar-refractivity contribution < 1.29 is 5.11 Å². The van der Waals surface area contributed by atoms with Crippen molar-refractivity contribution in [2.45, 2.75) is 45.1 Å². The van der Waals surface area contributed by atoms with Gasteiger partial charge in [-0.2, -0.15) is 0 Å². The summed E-state index contributed by atoms with van der Waals surface area (Å²) >= 11 is 0. The van der Waals surface area contributed by atoms with Gasteiger partial charge in [-0.1, -0.05) is 6.92 Å². The molecule has 1 rings (SSSR count). The van der Waals surface area contributed by atoms with Gasteiger partial charge in [0.15, 0.2) is 0 Å². The fourth-order valence-corrected chi connectivity index (χ4v) is 2.07. The Hall–Kier alpha value is -0.120. The summed E-state index contributed by atoms with van der Waals surface area (Å²) in [6, 6.07) is 0.712. The average Bonchev–Trinajstić information content (AvgIpc) is 2.52. The molecule has 0 aromatic carbocycles. The van der Waals surface area contributed by atoms with Crippen molar-refractivity contribution in [3.63, 3.8) is 0 Å². The van der Waals surface area contributed by atoms with Crippen LogP contribution >= 0.6 is 0 Å². The molecule has 1 fully saturated rings. The van der Waals surface area contributed by atoms with Crippen molar-refractivity contribution >= 4 is 0 Å². The van der Waals surface area contributed by atoms with Crippen LogP contribution in [0.15, 0.2) is 0 Å². The van der Waals surface area contributed by atoms with Crippen molar-refractivity contribution in [2.75, 3.05) is 26.2 Å². The Kier molecular flexibility index (Phi) is 6.98. The minimum absolute atomic E-state index is 0.327. The topological polar surface area (TPSA) is 44.3 Å². The Morgan fingerprint density at radius 3 is 3.07 bits per heavy atom. The van der Waals surface area contributed by atoms with E-state index in [0.717, 1.165) is 19.5 Å². The number of hydrogen-bond donors (Lipinski definition) is 3. The van der Waals surface area contributed by atoms with E-state index in [4.69, 9.17) is 5.11 Å². The van der Waals surface area contributed by atoms with Gasteiger partial charge in [-0.05, 0) is 57.7 Å². The molecular formula is C12H26N2O. The van der Waals surface area contributed by atoms with Gasteiger partial charge in [0.25, 0.3) is 0 Å². The Balaban J connectivity index is 1.98. The second kappa shape index (κ2) is 8.08. The van der Waals surface area contributed by atoms with Crippen LogP contribution in [0.4, 0.5) is 0 Å². The summed E-state index contributed by atoms with van der Waals surface area (Å²) in [7, 11) is 0. The molecule has 2 unspecified atom stereocenters.